The number of carboxylic acid groups (broad SMARTS) is 5. The molecule has 0 rings (SSSR count). The van der Waals surface area contributed by atoms with Crippen LogP contribution >= 0.6 is 0 Å². The zero-order valence-corrected chi connectivity index (χ0v) is 36.2. The van der Waals surface area contributed by atoms with Crippen molar-refractivity contribution in [2.45, 2.75) is 121 Å². The Bertz CT molecular complexity index is 1760. The molecule has 0 fully saturated rings. The Kier molecular flexibility index (Phi) is 26.3. The van der Waals surface area contributed by atoms with Gasteiger partial charge in [-0.15, -0.1) is 0 Å². The van der Waals surface area contributed by atoms with Crippen molar-refractivity contribution in [3.8, 4) is 0 Å². The molecule has 8 atom stereocenters. The van der Waals surface area contributed by atoms with Crippen LogP contribution in [0.5, 0.6) is 0 Å². The van der Waals surface area contributed by atoms with Crippen LogP contribution in [0, 0.1) is 11.8 Å². The number of hydrogen-bond donors (Lipinski definition) is 15. The fourth-order valence-electron chi connectivity index (χ4n) is 5.54. The van der Waals surface area contributed by atoms with E-state index in [2.05, 4.69) is 26.6 Å². The predicted octanol–water partition coefficient (Wildman–Crippen LogP) is -5.73. The molecule has 0 saturated carbocycles. The summed E-state index contributed by atoms with van der Waals surface area (Å²) in [5.74, 6) is -18.2. The first-order valence-corrected chi connectivity index (χ1v) is 20.1. The topological polar surface area (TPSA) is 471 Å². The molecule has 0 aromatic heterocycles. The third kappa shape index (κ3) is 23.3. The molecule has 0 aromatic rings. The van der Waals surface area contributed by atoms with Gasteiger partial charge in [0.05, 0.1) is 38.3 Å². The largest absolute Gasteiger partial charge is 0.481 e. The van der Waals surface area contributed by atoms with Gasteiger partial charge >= 0.3 is 29.8 Å². The second-order valence-electron chi connectivity index (χ2n) is 15.0. The Hall–Kier alpha value is -6.97. The zero-order valence-electron chi connectivity index (χ0n) is 36.2. The van der Waals surface area contributed by atoms with E-state index in [-0.39, 0.29) is 25.8 Å². The van der Waals surface area contributed by atoms with Gasteiger partial charge in [-0.3, -0.25) is 62.3 Å². The summed E-state index contributed by atoms with van der Waals surface area (Å²) in [6, 6.07) is -12.2. The van der Waals surface area contributed by atoms with Crippen molar-refractivity contribution in [2.24, 2.45) is 23.3 Å². The second kappa shape index (κ2) is 29.4. The number of carbonyl (C=O) groups is 13. The van der Waals surface area contributed by atoms with E-state index in [1.165, 1.54) is 0 Å². The number of nitrogens with two attached hydrogens (primary N) is 2. The van der Waals surface area contributed by atoms with E-state index in [0.29, 0.717) is 6.42 Å². The fraction of sp³-hybridized carbons (Fsp3) is 0.649. The molecule has 0 aliphatic carbocycles. The maximum absolute atomic E-state index is 13.9. The molecule has 8 amide bonds. The molecule has 0 unspecified atom stereocenters. The van der Waals surface area contributed by atoms with Crippen LogP contribution in [0.1, 0.15) is 79.1 Å². The first kappa shape index (κ1) is 58.0. The molecule has 366 valence electrons. The minimum Gasteiger partial charge on any atom is -0.481 e. The number of carboxylic acids is 5. The van der Waals surface area contributed by atoms with Crippen molar-refractivity contribution >= 4 is 77.1 Å². The zero-order chi connectivity index (χ0) is 50.1. The van der Waals surface area contributed by atoms with Gasteiger partial charge in [0.2, 0.25) is 47.3 Å². The molecule has 65 heavy (non-hydrogen) atoms. The van der Waals surface area contributed by atoms with Gasteiger partial charge in [0.15, 0.2) is 0 Å². The van der Waals surface area contributed by atoms with E-state index in [9.17, 15) is 77.6 Å². The summed E-state index contributed by atoms with van der Waals surface area (Å²) in [6.45, 7) is 5.21. The van der Waals surface area contributed by atoms with Crippen LogP contribution in [0.2, 0.25) is 0 Å². The molecular formula is C37H60N10O18. The van der Waals surface area contributed by atoms with Crippen molar-refractivity contribution in [3.63, 3.8) is 0 Å². The van der Waals surface area contributed by atoms with Gasteiger partial charge < -0.3 is 79.5 Å². The molecule has 28 nitrogen and oxygen atoms in total. The van der Waals surface area contributed by atoms with E-state index in [0.717, 1.165) is 0 Å². The lowest BCUT2D eigenvalue weighted by Crippen LogP contribution is -2.61. The number of aliphatic carboxylic acids is 5. The first-order chi connectivity index (χ1) is 30.2. The average molecular weight is 933 g/mol. The highest BCUT2D eigenvalue weighted by atomic mass is 16.4. The van der Waals surface area contributed by atoms with Gasteiger partial charge in [-0.2, -0.15) is 0 Å². The third-order valence-electron chi connectivity index (χ3n) is 9.25. The quantitative estimate of drug-likeness (QED) is 0.0280. The Labute approximate surface area is 371 Å². The van der Waals surface area contributed by atoms with Gasteiger partial charge in [0.1, 0.15) is 42.8 Å². The molecule has 0 radical (unpaired) electrons. The predicted molar refractivity (Wildman–Crippen MR) is 219 cm³/mol. The van der Waals surface area contributed by atoms with Crippen molar-refractivity contribution in [2.75, 3.05) is 19.6 Å². The summed E-state index contributed by atoms with van der Waals surface area (Å²) in [4.78, 5) is 162. The minimum atomic E-state index is -2.16. The van der Waals surface area contributed by atoms with E-state index in [4.69, 9.17) is 21.7 Å². The standard InChI is InChI=1S/C37H60N10O18/c1-5-17(4)30(37(65)46-29(16(2)3)36(64)41-14-23(48)40-15-28(57)58)47-32(60)19(8-6-7-9-38)42-33(61)21(12-26(53)54)44-35(63)22(13-27(55)56)45-34(62)20(11-25(51)52)43-31(59)18(39)10-24(49)50/h16-22,29-30H,5-15,38-39H2,1-4H3,(H,40,48)(H,41,64)(H,42,61)(H,43,59)(H,44,63)(H,45,62)(H,46,65)(H,47,60)(H,49,50)(H,51,52)(H,53,54)(H,55,56)(H,57,58)/t17-,18-,19-,20-,21-,22-,29-,30-/m0/s1. The highest BCUT2D eigenvalue weighted by molar-refractivity contribution is 6.00. The second-order valence-corrected chi connectivity index (χ2v) is 15.0. The molecular weight excluding hydrogens is 872 g/mol. The lowest BCUT2D eigenvalue weighted by molar-refractivity contribution is -0.144. The summed E-state index contributed by atoms with van der Waals surface area (Å²) < 4.78 is 0. The number of carbonyl (C=O) groups excluding carboxylic acids is 8. The van der Waals surface area contributed by atoms with Crippen molar-refractivity contribution < 1.29 is 87.9 Å². The summed E-state index contributed by atoms with van der Waals surface area (Å²) in [6.07, 6.45) is -3.90. The van der Waals surface area contributed by atoms with Crippen molar-refractivity contribution in [1.82, 2.24) is 42.5 Å². The highest BCUT2D eigenvalue weighted by Crippen LogP contribution is 2.12. The van der Waals surface area contributed by atoms with Crippen LogP contribution in [0.25, 0.3) is 0 Å². The Morgan fingerprint density at radius 3 is 1.28 bits per heavy atom. The summed E-state index contributed by atoms with van der Waals surface area (Å²) in [5.41, 5.74) is 11.1. The van der Waals surface area contributed by atoms with Crippen molar-refractivity contribution in [3.05, 3.63) is 0 Å². The molecule has 0 spiro atoms. The number of rotatable bonds is 32. The highest BCUT2D eigenvalue weighted by Gasteiger charge is 2.37. The Balaban J connectivity index is 6.49. The average Bonchev–Trinajstić information content (AvgIpc) is 3.20. The number of nitrogens with one attached hydrogen (secondary N) is 8. The normalized spacial score (nSPS) is 14.5. The summed E-state index contributed by atoms with van der Waals surface area (Å²) in [5, 5.41) is 63.5. The minimum absolute atomic E-state index is 0.139. The summed E-state index contributed by atoms with van der Waals surface area (Å²) >= 11 is 0. The smallest absolute Gasteiger partial charge is 0.322 e. The third-order valence-corrected chi connectivity index (χ3v) is 9.25. The van der Waals surface area contributed by atoms with Crippen LogP contribution in [-0.4, -0.2) is 165 Å². The molecule has 0 aromatic carbocycles. The van der Waals surface area contributed by atoms with Gasteiger partial charge in [0, 0.05) is 0 Å². The van der Waals surface area contributed by atoms with E-state index in [1.807, 2.05) is 16.0 Å². The molecule has 0 saturated heterocycles. The Morgan fingerprint density at radius 1 is 0.462 bits per heavy atom. The molecule has 0 aliphatic rings. The van der Waals surface area contributed by atoms with Crippen LogP contribution < -0.4 is 54.0 Å². The first-order valence-electron chi connectivity index (χ1n) is 20.1. The van der Waals surface area contributed by atoms with E-state index in [1.54, 1.807) is 27.7 Å². The van der Waals surface area contributed by atoms with Gasteiger partial charge in [-0.25, -0.2) is 0 Å². The van der Waals surface area contributed by atoms with Crippen LogP contribution in [-0.2, 0) is 62.3 Å². The SMILES string of the molecule is CC[C@H](C)[C@H](NC(=O)[C@H](CCCCN)NC(=O)[C@H](CC(=O)O)NC(=O)[C@H](CC(=O)O)NC(=O)[C@H](CC(=O)O)NC(=O)[C@@H](N)CC(=O)O)C(=O)N[C@H](C(=O)NCC(=O)NCC(=O)O)C(C)C. The maximum Gasteiger partial charge on any atom is 0.322 e. The number of unbranched alkanes of at least 4 members (excludes halogenated alkanes) is 1. The fourth-order valence-corrected chi connectivity index (χ4v) is 5.54. The lowest BCUT2D eigenvalue weighted by Gasteiger charge is -2.30. The van der Waals surface area contributed by atoms with Gasteiger partial charge in [0.25, 0.3) is 0 Å². The number of amides is 8. The lowest BCUT2D eigenvalue weighted by atomic mass is 9.95. The molecule has 0 aliphatic heterocycles. The van der Waals surface area contributed by atoms with Crippen LogP contribution in [0.15, 0.2) is 0 Å². The number of hydrogen-bond acceptors (Lipinski definition) is 15. The Morgan fingerprint density at radius 2 is 0.877 bits per heavy atom. The van der Waals surface area contributed by atoms with E-state index < -0.39 is 170 Å². The van der Waals surface area contributed by atoms with Gasteiger partial charge in [-0.1, -0.05) is 34.1 Å². The van der Waals surface area contributed by atoms with Gasteiger partial charge in [-0.05, 0) is 37.6 Å². The summed E-state index contributed by atoms with van der Waals surface area (Å²) in [7, 11) is 0. The molecule has 0 heterocycles. The molecule has 28 heteroatoms. The molecule has 0 bridgehead atoms. The maximum atomic E-state index is 13.9. The monoisotopic (exact) mass is 932 g/mol. The molecule has 17 N–H and O–H groups in total. The van der Waals surface area contributed by atoms with E-state index >= 15 is 0 Å². The van der Waals surface area contributed by atoms with Crippen LogP contribution in [0.4, 0.5) is 0 Å². The van der Waals surface area contributed by atoms with Crippen LogP contribution in [0.3, 0.4) is 0 Å². The van der Waals surface area contributed by atoms with Crippen molar-refractivity contribution in [1.29, 1.82) is 0 Å².